The molecule has 1 N–H and O–H groups in total. The molecule has 2 nitrogen and oxygen atoms in total. The summed E-state index contributed by atoms with van der Waals surface area (Å²) < 4.78 is 0. The summed E-state index contributed by atoms with van der Waals surface area (Å²) in [5.74, 6) is 0.398. The van der Waals surface area contributed by atoms with E-state index in [-0.39, 0.29) is 0 Å². The van der Waals surface area contributed by atoms with E-state index in [0.29, 0.717) is 5.75 Å². The number of halogens is 1. The van der Waals surface area contributed by atoms with Crippen LogP contribution in [0.2, 0.25) is 0 Å². The van der Waals surface area contributed by atoms with Gasteiger partial charge in [-0.25, -0.2) is 0 Å². The normalized spacial score (nSPS) is 13.2. The number of phenols is 1. The van der Waals surface area contributed by atoms with Gasteiger partial charge in [0.15, 0.2) is 0 Å². The number of phenolic OH excluding ortho intramolecular Hbond substituents is 1. The van der Waals surface area contributed by atoms with Gasteiger partial charge >= 0.3 is 0 Å². The molecule has 18 heavy (non-hydrogen) atoms. The summed E-state index contributed by atoms with van der Waals surface area (Å²) in [4.78, 5) is 2.32. The third kappa shape index (κ3) is 2.01. The maximum atomic E-state index is 10.0. The van der Waals surface area contributed by atoms with Crippen molar-refractivity contribution in [2.24, 2.45) is 0 Å². The van der Waals surface area contributed by atoms with Crippen LogP contribution in [-0.4, -0.2) is 24.6 Å². The summed E-state index contributed by atoms with van der Waals surface area (Å²) in [5, 5.41) is 12.2. The zero-order chi connectivity index (χ0) is 13.1. The number of fused-ring (bicyclic) bond motifs is 3. The number of hydrogen-bond acceptors (Lipinski definition) is 2. The molecule has 0 radical (unpaired) electrons. The lowest BCUT2D eigenvalue weighted by Crippen LogP contribution is -2.18. The molecule has 2 aromatic rings. The first-order valence-corrected chi connectivity index (χ1v) is 6.93. The second kappa shape index (κ2) is 5.49. The van der Waals surface area contributed by atoms with Gasteiger partial charge in [-0.15, -0.1) is 11.6 Å². The highest BCUT2D eigenvalue weighted by Crippen LogP contribution is 2.39. The Morgan fingerprint density at radius 3 is 2.56 bits per heavy atom. The molecule has 1 aliphatic rings. The lowest BCUT2D eigenvalue weighted by Gasteiger charge is -2.17. The molecule has 0 fully saturated rings. The smallest absolute Gasteiger partial charge is 0.125 e. The molecule has 3 rings (SSSR count). The first-order chi connectivity index (χ1) is 8.81. The molecule has 1 heterocycles. The molecule has 0 amide bonds. The van der Waals surface area contributed by atoms with Crippen LogP contribution in [0.5, 0.6) is 5.75 Å². The number of alkyl halides is 1. The van der Waals surface area contributed by atoms with E-state index in [2.05, 4.69) is 29.5 Å². The van der Waals surface area contributed by atoms with Gasteiger partial charge in [-0.05, 0) is 24.3 Å². The molecule has 96 valence electrons. The Kier molecular flexibility index (Phi) is 3.97. The van der Waals surface area contributed by atoms with Crippen molar-refractivity contribution in [2.45, 2.75) is 13.3 Å². The van der Waals surface area contributed by atoms with Gasteiger partial charge in [0.05, 0.1) is 0 Å². The number of hydrogen-bond donors (Lipinski definition) is 1. The fourth-order valence-corrected chi connectivity index (χ4v) is 2.64. The van der Waals surface area contributed by atoms with Crippen LogP contribution in [0.15, 0.2) is 30.3 Å². The molecule has 0 saturated heterocycles. The topological polar surface area (TPSA) is 23.5 Å². The van der Waals surface area contributed by atoms with Crippen LogP contribution in [0.3, 0.4) is 0 Å². The third-order valence-electron chi connectivity index (χ3n) is 3.46. The van der Waals surface area contributed by atoms with Crippen molar-refractivity contribution in [3.63, 3.8) is 0 Å². The predicted octanol–water partition coefficient (Wildman–Crippen LogP) is 3.78. The summed E-state index contributed by atoms with van der Waals surface area (Å²) in [6.45, 7) is 4.23. The van der Waals surface area contributed by atoms with Crippen molar-refractivity contribution in [1.29, 1.82) is 0 Å². The van der Waals surface area contributed by atoms with Crippen LogP contribution in [-0.2, 0) is 6.42 Å². The molecule has 0 bridgehead atoms. The van der Waals surface area contributed by atoms with Crippen molar-refractivity contribution in [3.8, 4) is 5.75 Å². The van der Waals surface area contributed by atoms with Gasteiger partial charge in [-0.2, -0.15) is 0 Å². The van der Waals surface area contributed by atoms with Gasteiger partial charge in [-0.1, -0.05) is 24.3 Å². The second-order valence-electron chi connectivity index (χ2n) is 4.27. The number of likely N-dealkylation sites (N-methyl/N-ethyl adjacent to an activating group) is 1. The largest absolute Gasteiger partial charge is 0.507 e. The Morgan fingerprint density at radius 2 is 1.89 bits per heavy atom. The number of aromatic hydroxyl groups is 1. The van der Waals surface area contributed by atoms with Crippen LogP contribution in [0.1, 0.15) is 12.5 Å². The molecular weight excluding hydrogens is 246 g/mol. The highest BCUT2D eigenvalue weighted by molar-refractivity contribution is 6.15. The van der Waals surface area contributed by atoms with E-state index < -0.39 is 0 Å². The molecule has 0 saturated carbocycles. The van der Waals surface area contributed by atoms with Crippen molar-refractivity contribution in [1.82, 2.24) is 0 Å². The average molecular weight is 264 g/mol. The fourth-order valence-electron chi connectivity index (χ4n) is 2.64. The molecular formula is C15H18ClNO. The molecule has 0 spiro atoms. The molecule has 1 aliphatic heterocycles. The summed E-state index contributed by atoms with van der Waals surface area (Å²) in [5.41, 5.74) is 2.59. The Balaban J connectivity index is 0.000000574. The summed E-state index contributed by atoms with van der Waals surface area (Å²) in [6, 6.07) is 10.0. The lowest BCUT2D eigenvalue weighted by molar-refractivity contribution is 0.481. The number of anilines is 1. The van der Waals surface area contributed by atoms with Gasteiger partial charge in [0.2, 0.25) is 0 Å². The molecule has 0 unspecified atom stereocenters. The molecule has 2 aromatic carbocycles. The van der Waals surface area contributed by atoms with E-state index >= 15 is 0 Å². The maximum Gasteiger partial charge on any atom is 0.125 e. The first-order valence-electron chi connectivity index (χ1n) is 6.17. The van der Waals surface area contributed by atoms with E-state index in [1.54, 1.807) is 0 Å². The van der Waals surface area contributed by atoms with Gasteiger partial charge in [-0.3, -0.25) is 0 Å². The third-order valence-corrected chi connectivity index (χ3v) is 3.46. The van der Waals surface area contributed by atoms with Crippen LogP contribution in [0.25, 0.3) is 10.8 Å². The zero-order valence-corrected chi connectivity index (χ0v) is 11.5. The van der Waals surface area contributed by atoms with Crippen molar-refractivity contribution >= 4 is 28.1 Å². The fraction of sp³-hybridized carbons (Fsp3) is 0.333. The Hall–Kier alpha value is -1.41. The summed E-state index contributed by atoms with van der Waals surface area (Å²) in [6.07, 6.45) is 2.56. The molecule has 0 aromatic heterocycles. The van der Waals surface area contributed by atoms with E-state index in [1.165, 1.54) is 23.0 Å². The quantitative estimate of drug-likeness (QED) is 0.792. The minimum atomic E-state index is 0.398. The maximum absolute atomic E-state index is 10.0. The minimum absolute atomic E-state index is 0.398. The SMILES string of the molecule is CCN1CCc2c1cc(O)c1ccccc21.CCl. The second-order valence-corrected chi connectivity index (χ2v) is 4.27. The highest BCUT2D eigenvalue weighted by Gasteiger charge is 2.21. The number of benzene rings is 2. The summed E-state index contributed by atoms with van der Waals surface area (Å²) >= 11 is 4.64. The van der Waals surface area contributed by atoms with E-state index in [4.69, 9.17) is 0 Å². The van der Waals surface area contributed by atoms with Crippen LogP contribution >= 0.6 is 11.6 Å². The van der Waals surface area contributed by atoms with Crippen molar-refractivity contribution < 1.29 is 5.11 Å². The van der Waals surface area contributed by atoms with Gasteiger partial charge in [0.1, 0.15) is 5.75 Å². The molecule has 3 heteroatoms. The van der Waals surface area contributed by atoms with Crippen LogP contribution < -0.4 is 4.90 Å². The van der Waals surface area contributed by atoms with E-state index in [9.17, 15) is 5.11 Å². The van der Waals surface area contributed by atoms with E-state index in [1.807, 2.05) is 24.3 Å². The molecule has 0 atom stereocenters. The van der Waals surface area contributed by atoms with Crippen molar-refractivity contribution in [3.05, 3.63) is 35.9 Å². The standard InChI is InChI=1S/C14H15NO.CH3Cl/c1-2-15-8-7-11-10-5-3-4-6-12(10)14(16)9-13(11)15;1-2/h3-6,9,16H,2,7-8H2,1H3;1H3. The zero-order valence-electron chi connectivity index (χ0n) is 10.8. The van der Waals surface area contributed by atoms with Crippen LogP contribution in [0.4, 0.5) is 5.69 Å². The van der Waals surface area contributed by atoms with E-state index in [0.717, 1.165) is 24.9 Å². The Morgan fingerprint density at radius 1 is 1.22 bits per heavy atom. The molecule has 0 aliphatic carbocycles. The van der Waals surface area contributed by atoms with Gasteiger partial charge in [0.25, 0.3) is 0 Å². The predicted molar refractivity (Wildman–Crippen MR) is 79.0 cm³/mol. The average Bonchev–Trinajstić information content (AvgIpc) is 2.84. The lowest BCUT2D eigenvalue weighted by atomic mass is 10.0. The van der Waals surface area contributed by atoms with Crippen LogP contribution in [0, 0.1) is 0 Å². The number of nitrogens with zero attached hydrogens (tertiary/aromatic N) is 1. The Labute approximate surface area is 113 Å². The monoisotopic (exact) mass is 263 g/mol. The highest BCUT2D eigenvalue weighted by atomic mass is 35.5. The Bertz CT molecular complexity index is 553. The summed E-state index contributed by atoms with van der Waals surface area (Å²) in [7, 11) is 0. The van der Waals surface area contributed by atoms with Gasteiger partial charge in [0, 0.05) is 36.6 Å². The minimum Gasteiger partial charge on any atom is -0.507 e. The number of rotatable bonds is 1. The van der Waals surface area contributed by atoms with Crippen molar-refractivity contribution in [2.75, 3.05) is 24.4 Å². The van der Waals surface area contributed by atoms with Gasteiger partial charge < -0.3 is 10.0 Å². The first kappa shape index (κ1) is 13.0.